The summed E-state index contributed by atoms with van der Waals surface area (Å²) in [4.78, 5) is 30.7. The largest absolute Gasteiger partial charge is 0.336 e. The summed E-state index contributed by atoms with van der Waals surface area (Å²) in [6.45, 7) is 2.28. The van der Waals surface area contributed by atoms with E-state index in [0.717, 1.165) is 38.2 Å². The number of benzene rings is 1. The predicted molar refractivity (Wildman–Crippen MR) is 108 cm³/mol. The van der Waals surface area contributed by atoms with Crippen LogP contribution in [0, 0.1) is 17.1 Å². The van der Waals surface area contributed by atoms with Crippen molar-refractivity contribution in [3.05, 3.63) is 34.6 Å². The number of carbonyl (C=O) groups is 2. The Hall–Kier alpha value is -2.17. The summed E-state index contributed by atoms with van der Waals surface area (Å²) in [6, 6.07) is 6.14. The van der Waals surface area contributed by atoms with Crippen molar-refractivity contribution >= 4 is 23.4 Å². The van der Waals surface area contributed by atoms with E-state index in [1.807, 2.05) is 4.90 Å². The summed E-state index contributed by atoms with van der Waals surface area (Å²) in [5.74, 6) is -0.773. The lowest BCUT2D eigenvalue weighted by Gasteiger charge is -2.41. The fourth-order valence-electron chi connectivity index (χ4n) is 4.14. The van der Waals surface area contributed by atoms with Crippen LogP contribution in [0.25, 0.3) is 0 Å². The second-order valence-electron chi connectivity index (χ2n) is 7.85. The van der Waals surface area contributed by atoms with E-state index in [1.54, 1.807) is 16.8 Å². The lowest BCUT2D eigenvalue weighted by Crippen LogP contribution is -2.55. The molecule has 2 aliphatic rings. The third-order valence-corrected chi connectivity index (χ3v) is 6.40. The van der Waals surface area contributed by atoms with Gasteiger partial charge in [0.05, 0.1) is 23.2 Å². The topological polar surface area (TPSA) is 67.7 Å². The second kappa shape index (κ2) is 9.10. The van der Waals surface area contributed by atoms with Crippen LogP contribution in [0.15, 0.2) is 18.2 Å². The van der Waals surface area contributed by atoms with Gasteiger partial charge >= 0.3 is 0 Å². The highest BCUT2D eigenvalue weighted by Gasteiger charge is 2.39. The van der Waals surface area contributed by atoms with Crippen molar-refractivity contribution in [2.75, 3.05) is 39.8 Å². The Balaban J connectivity index is 1.55. The minimum atomic E-state index is -0.688. The number of carbonyl (C=O) groups excluding carboxylic acids is 2. The molecule has 1 aromatic rings. The molecule has 8 heteroatoms. The molecule has 1 saturated heterocycles. The number of piperazine rings is 1. The molecule has 0 bridgehead atoms. The van der Waals surface area contributed by atoms with Crippen molar-refractivity contribution in [1.82, 2.24) is 14.7 Å². The molecule has 0 atom stereocenters. The third kappa shape index (κ3) is 4.71. The average Bonchev–Trinajstić information content (AvgIpc) is 2.73. The molecule has 2 fully saturated rings. The lowest BCUT2D eigenvalue weighted by atomic mass is 9.81. The molecule has 0 aromatic heterocycles. The maximum absolute atomic E-state index is 13.2. The zero-order chi connectivity index (χ0) is 21.0. The molecule has 3 rings (SSSR count). The molecule has 1 saturated carbocycles. The molecule has 0 spiro atoms. The van der Waals surface area contributed by atoms with Gasteiger partial charge < -0.3 is 9.80 Å². The first-order valence-electron chi connectivity index (χ1n) is 10.0. The van der Waals surface area contributed by atoms with Gasteiger partial charge in [0.2, 0.25) is 5.91 Å². The summed E-state index contributed by atoms with van der Waals surface area (Å²) in [7, 11) is 1.73. The van der Waals surface area contributed by atoms with Crippen LogP contribution >= 0.6 is 11.6 Å². The molecule has 156 valence electrons. The van der Waals surface area contributed by atoms with Crippen molar-refractivity contribution in [1.29, 1.82) is 5.26 Å². The van der Waals surface area contributed by atoms with Gasteiger partial charge in [-0.25, -0.2) is 4.39 Å². The quantitative estimate of drug-likeness (QED) is 0.751. The molecule has 0 radical (unpaired) electrons. The van der Waals surface area contributed by atoms with Crippen LogP contribution in [0.3, 0.4) is 0 Å². The fourth-order valence-corrected chi connectivity index (χ4v) is 4.39. The molecule has 2 amide bonds. The summed E-state index contributed by atoms with van der Waals surface area (Å²) in [5.41, 5.74) is -0.405. The normalized spacial score (nSPS) is 19.4. The summed E-state index contributed by atoms with van der Waals surface area (Å²) < 4.78 is 13.2. The maximum Gasteiger partial charge on any atom is 0.255 e. The maximum atomic E-state index is 13.2. The van der Waals surface area contributed by atoms with Gasteiger partial charge in [0, 0.05) is 33.2 Å². The van der Waals surface area contributed by atoms with Crippen molar-refractivity contribution in [2.45, 2.75) is 37.6 Å². The van der Waals surface area contributed by atoms with E-state index in [9.17, 15) is 19.2 Å². The highest BCUT2D eigenvalue weighted by molar-refractivity contribution is 6.33. The number of rotatable bonds is 4. The minimum Gasteiger partial charge on any atom is -0.336 e. The van der Waals surface area contributed by atoms with Crippen LogP contribution in [0.2, 0.25) is 5.02 Å². The molecule has 1 aliphatic heterocycles. The lowest BCUT2D eigenvalue weighted by molar-refractivity contribution is -0.136. The SMILES string of the molecule is CN(C(=O)CN1CCN(C(=O)c2ccc(F)cc2Cl)CC1)C1(C#N)CCCCC1. The minimum absolute atomic E-state index is 0.0604. The molecule has 1 aromatic carbocycles. The Labute approximate surface area is 175 Å². The van der Waals surface area contributed by atoms with Gasteiger partial charge in [-0.1, -0.05) is 30.9 Å². The second-order valence-corrected chi connectivity index (χ2v) is 8.26. The van der Waals surface area contributed by atoms with Crippen molar-refractivity contribution in [3.63, 3.8) is 0 Å². The van der Waals surface area contributed by atoms with Gasteiger partial charge in [-0.05, 0) is 31.0 Å². The molecule has 29 heavy (non-hydrogen) atoms. The van der Waals surface area contributed by atoms with Crippen LogP contribution in [0.4, 0.5) is 4.39 Å². The van der Waals surface area contributed by atoms with E-state index in [1.165, 1.54) is 12.1 Å². The van der Waals surface area contributed by atoms with Crippen LogP contribution in [0.5, 0.6) is 0 Å². The fraction of sp³-hybridized carbons (Fsp3) is 0.571. The average molecular weight is 421 g/mol. The number of halogens is 2. The van der Waals surface area contributed by atoms with Gasteiger partial charge in [-0.15, -0.1) is 0 Å². The number of nitriles is 1. The van der Waals surface area contributed by atoms with E-state index in [0.29, 0.717) is 26.2 Å². The van der Waals surface area contributed by atoms with Crippen LogP contribution < -0.4 is 0 Å². The molecule has 0 N–H and O–H groups in total. The Morgan fingerprint density at radius 1 is 1.21 bits per heavy atom. The Morgan fingerprint density at radius 2 is 1.86 bits per heavy atom. The first-order valence-corrected chi connectivity index (χ1v) is 10.4. The van der Waals surface area contributed by atoms with E-state index < -0.39 is 11.4 Å². The smallest absolute Gasteiger partial charge is 0.255 e. The Bertz CT molecular complexity index is 811. The Kier molecular flexibility index (Phi) is 6.76. The summed E-state index contributed by atoms with van der Waals surface area (Å²) >= 11 is 6.00. The zero-order valence-corrected chi connectivity index (χ0v) is 17.4. The highest BCUT2D eigenvalue weighted by Crippen LogP contribution is 2.32. The zero-order valence-electron chi connectivity index (χ0n) is 16.7. The molecule has 0 unspecified atom stereocenters. The number of amides is 2. The van der Waals surface area contributed by atoms with E-state index in [2.05, 4.69) is 6.07 Å². The van der Waals surface area contributed by atoms with Crippen molar-refractivity contribution in [2.24, 2.45) is 0 Å². The molecule has 1 heterocycles. The van der Waals surface area contributed by atoms with Gasteiger partial charge in [0.15, 0.2) is 0 Å². The van der Waals surface area contributed by atoms with E-state index in [-0.39, 0.29) is 28.9 Å². The van der Waals surface area contributed by atoms with E-state index >= 15 is 0 Å². The van der Waals surface area contributed by atoms with Gasteiger partial charge in [0.25, 0.3) is 5.91 Å². The third-order valence-electron chi connectivity index (χ3n) is 6.08. The Morgan fingerprint density at radius 3 is 2.45 bits per heavy atom. The molecular formula is C21H26ClFN4O2. The number of hydrogen-bond donors (Lipinski definition) is 0. The summed E-state index contributed by atoms with van der Waals surface area (Å²) in [5, 5.41) is 9.77. The molecule has 6 nitrogen and oxygen atoms in total. The summed E-state index contributed by atoms with van der Waals surface area (Å²) in [6.07, 6.45) is 4.51. The van der Waals surface area contributed by atoms with Gasteiger partial charge in [0.1, 0.15) is 11.4 Å². The van der Waals surface area contributed by atoms with Crippen molar-refractivity contribution < 1.29 is 14.0 Å². The van der Waals surface area contributed by atoms with Crippen LogP contribution in [-0.4, -0.2) is 71.8 Å². The van der Waals surface area contributed by atoms with Gasteiger partial charge in [-0.3, -0.25) is 14.5 Å². The monoisotopic (exact) mass is 420 g/mol. The highest BCUT2D eigenvalue weighted by atomic mass is 35.5. The number of hydrogen-bond acceptors (Lipinski definition) is 4. The number of likely N-dealkylation sites (N-methyl/N-ethyl adjacent to an activating group) is 1. The van der Waals surface area contributed by atoms with Crippen LogP contribution in [0.1, 0.15) is 42.5 Å². The predicted octanol–water partition coefficient (Wildman–Crippen LogP) is 2.92. The number of nitrogens with zero attached hydrogens (tertiary/aromatic N) is 4. The first-order chi connectivity index (χ1) is 13.9. The first kappa shape index (κ1) is 21.5. The van der Waals surface area contributed by atoms with E-state index in [4.69, 9.17) is 11.6 Å². The molecule has 1 aliphatic carbocycles. The standard InChI is InChI=1S/C21H26ClFN4O2/c1-25(21(15-24)7-3-2-4-8-21)19(28)14-26-9-11-27(12-10-26)20(29)17-6-5-16(23)13-18(17)22/h5-6,13H,2-4,7-12,14H2,1H3. The molecular weight excluding hydrogens is 395 g/mol. The van der Waals surface area contributed by atoms with Gasteiger partial charge in [-0.2, -0.15) is 5.26 Å². The van der Waals surface area contributed by atoms with Crippen molar-refractivity contribution in [3.8, 4) is 6.07 Å². The van der Waals surface area contributed by atoms with Crippen LogP contribution in [-0.2, 0) is 4.79 Å².